The van der Waals surface area contributed by atoms with Gasteiger partial charge in [0.05, 0.1) is 16.3 Å². The molecular weight excluding hydrogens is 368 g/mol. The minimum absolute atomic E-state index is 0.0538. The molecule has 5 nitrogen and oxygen atoms in total. The molecule has 3 heterocycles. The van der Waals surface area contributed by atoms with Crippen molar-refractivity contribution in [1.29, 1.82) is 0 Å². The van der Waals surface area contributed by atoms with Gasteiger partial charge >= 0.3 is 0 Å². The lowest BCUT2D eigenvalue weighted by atomic mass is 10.1. The minimum atomic E-state index is -0.0538. The molecule has 28 heavy (non-hydrogen) atoms. The number of nitrogens with zero attached hydrogens (tertiary/aromatic N) is 3. The number of thioether (sulfide) groups is 1. The van der Waals surface area contributed by atoms with Crippen LogP contribution in [0.25, 0.3) is 16.9 Å². The highest BCUT2D eigenvalue weighted by molar-refractivity contribution is 8.01. The maximum atomic E-state index is 12.5. The second-order valence-electron chi connectivity index (χ2n) is 6.76. The number of rotatable bonds is 4. The maximum absolute atomic E-state index is 12.5. The van der Waals surface area contributed by atoms with Gasteiger partial charge in [0.15, 0.2) is 0 Å². The van der Waals surface area contributed by atoms with Gasteiger partial charge < -0.3 is 5.32 Å². The fourth-order valence-corrected chi connectivity index (χ4v) is 4.66. The lowest BCUT2D eigenvalue weighted by Gasteiger charge is -2.10. The van der Waals surface area contributed by atoms with E-state index in [0.29, 0.717) is 6.54 Å². The molecule has 2 aromatic heterocycles. The van der Waals surface area contributed by atoms with Crippen LogP contribution in [0.2, 0.25) is 0 Å². The highest BCUT2D eigenvalue weighted by Gasteiger charge is 2.27. The Labute approximate surface area is 166 Å². The number of hydrogen-bond acceptors (Lipinski definition) is 4. The number of fused-ring (bicyclic) bond motifs is 2. The number of carbonyl (C=O) groups is 1. The van der Waals surface area contributed by atoms with E-state index in [9.17, 15) is 4.79 Å². The quantitative estimate of drug-likeness (QED) is 0.580. The molecule has 6 heteroatoms. The molecule has 0 radical (unpaired) electrons. The van der Waals surface area contributed by atoms with E-state index in [1.165, 1.54) is 10.5 Å². The predicted molar refractivity (Wildman–Crippen MR) is 111 cm³/mol. The number of benzene rings is 2. The zero-order valence-electron chi connectivity index (χ0n) is 15.1. The van der Waals surface area contributed by atoms with Crippen molar-refractivity contribution < 1.29 is 4.79 Å². The standard InChI is InChI=1S/C22H18N4OS/c27-22(20-11-16-5-1-4-8-19(16)28-20)24-13-15-9-10-21(23-12-15)26-14-25-17-6-2-3-7-18(17)26/h1-10,12,14,20H,11,13H2,(H,24,27)/t20-/m0/s1. The smallest absolute Gasteiger partial charge is 0.234 e. The summed E-state index contributed by atoms with van der Waals surface area (Å²) in [5.74, 6) is 0.886. The van der Waals surface area contributed by atoms with Crippen molar-refractivity contribution in [3.05, 3.63) is 84.3 Å². The summed E-state index contributed by atoms with van der Waals surface area (Å²) in [6.45, 7) is 0.476. The van der Waals surface area contributed by atoms with E-state index in [2.05, 4.69) is 27.4 Å². The first-order valence-electron chi connectivity index (χ1n) is 9.17. The predicted octanol–water partition coefficient (Wildman–Crippen LogP) is 3.75. The Kier molecular flexibility index (Phi) is 4.33. The summed E-state index contributed by atoms with van der Waals surface area (Å²) in [5.41, 5.74) is 4.19. The second-order valence-corrected chi connectivity index (χ2v) is 8.01. The van der Waals surface area contributed by atoms with Gasteiger partial charge in [0.2, 0.25) is 5.91 Å². The van der Waals surface area contributed by atoms with Gasteiger partial charge in [-0.2, -0.15) is 0 Å². The molecule has 138 valence electrons. The molecule has 1 N–H and O–H groups in total. The van der Waals surface area contributed by atoms with Crippen LogP contribution in [0.4, 0.5) is 0 Å². The summed E-state index contributed by atoms with van der Waals surface area (Å²) in [5, 5.41) is 2.99. The Hall–Kier alpha value is -3.12. The summed E-state index contributed by atoms with van der Waals surface area (Å²) in [6.07, 6.45) is 4.38. The first-order valence-corrected chi connectivity index (χ1v) is 10.1. The van der Waals surface area contributed by atoms with Gasteiger partial charge in [0.1, 0.15) is 12.1 Å². The number of para-hydroxylation sites is 2. The second kappa shape index (κ2) is 7.13. The topological polar surface area (TPSA) is 59.8 Å². The molecule has 0 saturated carbocycles. The van der Waals surface area contributed by atoms with E-state index < -0.39 is 0 Å². The molecule has 0 fully saturated rings. The van der Waals surface area contributed by atoms with Crippen molar-refractivity contribution in [3.8, 4) is 5.82 Å². The van der Waals surface area contributed by atoms with E-state index in [1.54, 1.807) is 24.3 Å². The summed E-state index contributed by atoms with van der Waals surface area (Å²) < 4.78 is 1.96. The number of aromatic nitrogens is 3. The van der Waals surface area contributed by atoms with Crippen LogP contribution in [0.5, 0.6) is 0 Å². The normalized spacial score (nSPS) is 15.5. The molecule has 1 atom stereocenters. The summed E-state index contributed by atoms with van der Waals surface area (Å²) in [7, 11) is 0. The van der Waals surface area contributed by atoms with E-state index in [0.717, 1.165) is 28.8 Å². The molecule has 4 aromatic rings. The molecule has 5 rings (SSSR count). The Morgan fingerprint density at radius 2 is 1.93 bits per heavy atom. The highest BCUT2D eigenvalue weighted by atomic mass is 32.2. The fourth-order valence-electron chi connectivity index (χ4n) is 3.44. The average molecular weight is 386 g/mol. The van der Waals surface area contributed by atoms with Crippen molar-refractivity contribution in [3.63, 3.8) is 0 Å². The third-order valence-corrected chi connectivity index (χ3v) is 6.23. The van der Waals surface area contributed by atoms with Gasteiger partial charge in [-0.15, -0.1) is 11.8 Å². The summed E-state index contributed by atoms with van der Waals surface area (Å²) >= 11 is 1.64. The average Bonchev–Trinajstić information content (AvgIpc) is 3.37. The molecular formula is C22H18N4OS. The third-order valence-electron chi connectivity index (χ3n) is 4.92. The Morgan fingerprint density at radius 1 is 1.07 bits per heavy atom. The molecule has 1 amide bonds. The third kappa shape index (κ3) is 3.16. The van der Waals surface area contributed by atoms with E-state index in [4.69, 9.17) is 0 Å². The molecule has 0 bridgehead atoms. The van der Waals surface area contributed by atoms with Crippen LogP contribution in [0, 0.1) is 0 Å². The van der Waals surface area contributed by atoms with Gasteiger partial charge in [-0.1, -0.05) is 36.4 Å². The monoisotopic (exact) mass is 386 g/mol. The lowest BCUT2D eigenvalue weighted by Crippen LogP contribution is -2.32. The minimum Gasteiger partial charge on any atom is -0.351 e. The van der Waals surface area contributed by atoms with Crippen molar-refractivity contribution in [2.24, 2.45) is 0 Å². The van der Waals surface area contributed by atoms with Crippen LogP contribution < -0.4 is 5.32 Å². The van der Waals surface area contributed by atoms with E-state index in [1.807, 2.05) is 53.1 Å². The van der Waals surface area contributed by atoms with Crippen LogP contribution in [0.3, 0.4) is 0 Å². The van der Waals surface area contributed by atoms with Crippen molar-refractivity contribution >= 4 is 28.7 Å². The zero-order chi connectivity index (χ0) is 18.9. The SMILES string of the molecule is O=C(NCc1ccc(-n2cnc3ccccc32)nc1)[C@@H]1Cc2ccccc2S1. The number of imidazole rings is 1. The Bertz CT molecular complexity index is 1130. The number of amides is 1. The number of carbonyl (C=O) groups excluding carboxylic acids is 1. The molecule has 1 aliphatic heterocycles. The van der Waals surface area contributed by atoms with Crippen molar-refractivity contribution in [2.75, 3.05) is 0 Å². The molecule has 0 aliphatic carbocycles. The number of pyridine rings is 1. The van der Waals surface area contributed by atoms with Crippen LogP contribution in [-0.4, -0.2) is 25.7 Å². The summed E-state index contributed by atoms with van der Waals surface area (Å²) in [4.78, 5) is 22.7. The Balaban J connectivity index is 1.24. The van der Waals surface area contributed by atoms with Crippen molar-refractivity contribution in [1.82, 2.24) is 19.9 Å². The summed E-state index contributed by atoms with van der Waals surface area (Å²) in [6, 6.07) is 20.1. The maximum Gasteiger partial charge on any atom is 0.234 e. The molecule has 0 spiro atoms. The van der Waals surface area contributed by atoms with Gasteiger partial charge in [-0.05, 0) is 41.8 Å². The highest BCUT2D eigenvalue weighted by Crippen LogP contribution is 2.36. The van der Waals surface area contributed by atoms with Crippen molar-refractivity contribution in [2.45, 2.75) is 23.1 Å². The Morgan fingerprint density at radius 3 is 2.79 bits per heavy atom. The fraction of sp³-hybridized carbons (Fsp3) is 0.136. The molecule has 1 aliphatic rings. The number of nitrogens with one attached hydrogen (secondary N) is 1. The number of hydrogen-bond donors (Lipinski definition) is 1. The zero-order valence-corrected chi connectivity index (χ0v) is 15.9. The van der Waals surface area contributed by atoms with Gasteiger partial charge in [0, 0.05) is 17.6 Å². The van der Waals surface area contributed by atoms with Crippen LogP contribution in [0.15, 0.2) is 78.1 Å². The van der Waals surface area contributed by atoms with Crippen LogP contribution >= 0.6 is 11.8 Å². The molecule has 2 aromatic carbocycles. The largest absolute Gasteiger partial charge is 0.351 e. The van der Waals surface area contributed by atoms with Gasteiger partial charge in [0.25, 0.3) is 0 Å². The van der Waals surface area contributed by atoms with Gasteiger partial charge in [-0.3, -0.25) is 9.36 Å². The van der Waals surface area contributed by atoms with Gasteiger partial charge in [-0.25, -0.2) is 9.97 Å². The molecule has 0 unspecified atom stereocenters. The van der Waals surface area contributed by atoms with Crippen LogP contribution in [0.1, 0.15) is 11.1 Å². The van der Waals surface area contributed by atoms with E-state index in [-0.39, 0.29) is 11.2 Å². The molecule has 0 saturated heterocycles. The van der Waals surface area contributed by atoms with E-state index >= 15 is 0 Å². The first-order chi connectivity index (χ1) is 13.8. The lowest BCUT2D eigenvalue weighted by molar-refractivity contribution is -0.120. The van der Waals surface area contributed by atoms with Crippen LogP contribution in [-0.2, 0) is 17.8 Å². The first kappa shape index (κ1) is 17.0.